The zero-order chi connectivity index (χ0) is 19.2. The van der Waals surface area contributed by atoms with E-state index in [1.54, 1.807) is 30.3 Å². The lowest BCUT2D eigenvalue weighted by molar-refractivity contribution is -0.146. The number of anilines is 1. The number of aromatic nitrogens is 1. The van der Waals surface area contributed by atoms with Gasteiger partial charge in [0, 0.05) is 17.1 Å². The molecule has 3 rings (SSSR count). The summed E-state index contributed by atoms with van der Waals surface area (Å²) in [5.74, 6) is -0.0240. The highest BCUT2D eigenvalue weighted by atomic mass is 16.5. The molecule has 1 amide bonds. The molecule has 0 unspecified atom stereocenters. The van der Waals surface area contributed by atoms with Gasteiger partial charge >= 0.3 is 5.97 Å². The van der Waals surface area contributed by atoms with Gasteiger partial charge < -0.3 is 24.1 Å². The predicted octanol–water partition coefficient (Wildman–Crippen LogP) is 2.57. The molecule has 1 N–H and O–H groups in total. The summed E-state index contributed by atoms with van der Waals surface area (Å²) >= 11 is 0. The van der Waals surface area contributed by atoms with Gasteiger partial charge in [0.25, 0.3) is 5.91 Å². The molecule has 1 heterocycles. The van der Waals surface area contributed by atoms with Gasteiger partial charge in [0.15, 0.2) is 23.7 Å². The van der Waals surface area contributed by atoms with Crippen molar-refractivity contribution >= 4 is 28.5 Å². The average Bonchev–Trinajstić information content (AvgIpc) is 3.09. The molecular weight excluding hydrogens is 352 g/mol. The summed E-state index contributed by atoms with van der Waals surface area (Å²) in [5, 5.41) is 7.23. The molecule has 0 aliphatic carbocycles. The Hall–Kier alpha value is -3.55. The van der Waals surface area contributed by atoms with Crippen molar-refractivity contribution in [3.05, 3.63) is 48.2 Å². The van der Waals surface area contributed by atoms with Gasteiger partial charge in [-0.3, -0.25) is 9.59 Å². The van der Waals surface area contributed by atoms with Crippen LogP contribution in [0, 0.1) is 0 Å². The first-order chi connectivity index (χ1) is 13.1. The summed E-state index contributed by atoms with van der Waals surface area (Å²) in [4.78, 5) is 24.0. The van der Waals surface area contributed by atoms with Crippen LogP contribution < -0.4 is 14.8 Å². The Balaban J connectivity index is 1.53. The number of amides is 1. The largest absolute Gasteiger partial charge is 0.493 e. The summed E-state index contributed by atoms with van der Waals surface area (Å²) in [6.45, 7) is -0.414. The van der Waals surface area contributed by atoms with Crippen LogP contribution in [0.15, 0.2) is 47.0 Å². The Bertz CT molecular complexity index is 966. The smallest absolute Gasteiger partial charge is 0.312 e. The van der Waals surface area contributed by atoms with E-state index in [0.29, 0.717) is 28.5 Å². The second-order valence-electron chi connectivity index (χ2n) is 5.58. The van der Waals surface area contributed by atoms with Crippen LogP contribution in [0.5, 0.6) is 11.5 Å². The topological polar surface area (TPSA) is 99.9 Å². The number of nitrogens with zero attached hydrogens (tertiary/aromatic N) is 1. The molecule has 0 saturated carbocycles. The van der Waals surface area contributed by atoms with E-state index in [9.17, 15) is 9.59 Å². The Morgan fingerprint density at radius 2 is 1.85 bits per heavy atom. The van der Waals surface area contributed by atoms with Crippen LogP contribution in [0.1, 0.15) is 5.69 Å². The molecule has 0 atom stereocenters. The maximum absolute atomic E-state index is 12.0. The molecule has 2 aromatic carbocycles. The number of hydrogen-bond donors (Lipinski definition) is 1. The van der Waals surface area contributed by atoms with Crippen molar-refractivity contribution in [2.24, 2.45) is 0 Å². The van der Waals surface area contributed by atoms with Gasteiger partial charge in [0.1, 0.15) is 5.69 Å². The fourth-order valence-corrected chi connectivity index (χ4v) is 2.51. The van der Waals surface area contributed by atoms with Crippen LogP contribution in [0.4, 0.5) is 5.69 Å². The van der Waals surface area contributed by atoms with Gasteiger partial charge in [0.05, 0.1) is 20.6 Å². The Labute approximate surface area is 155 Å². The van der Waals surface area contributed by atoms with Crippen molar-refractivity contribution in [1.82, 2.24) is 5.16 Å². The van der Waals surface area contributed by atoms with E-state index in [1.165, 1.54) is 14.2 Å². The highest BCUT2D eigenvalue weighted by molar-refractivity contribution is 5.93. The molecule has 8 heteroatoms. The van der Waals surface area contributed by atoms with E-state index in [4.69, 9.17) is 18.7 Å². The van der Waals surface area contributed by atoms with Crippen LogP contribution in [0.2, 0.25) is 0 Å². The first-order valence-electron chi connectivity index (χ1n) is 8.11. The minimum atomic E-state index is -0.573. The third kappa shape index (κ3) is 4.35. The van der Waals surface area contributed by atoms with Crippen molar-refractivity contribution < 1.29 is 28.3 Å². The van der Waals surface area contributed by atoms with E-state index in [-0.39, 0.29) is 6.42 Å². The molecule has 3 aromatic rings. The van der Waals surface area contributed by atoms with E-state index in [0.717, 1.165) is 5.39 Å². The first kappa shape index (κ1) is 18.2. The van der Waals surface area contributed by atoms with Gasteiger partial charge in [-0.1, -0.05) is 17.3 Å². The van der Waals surface area contributed by atoms with Gasteiger partial charge in [-0.05, 0) is 24.3 Å². The van der Waals surface area contributed by atoms with Crippen molar-refractivity contribution in [3.8, 4) is 11.5 Å². The molecule has 0 saturated heterocycles. The Morgan fingerprint density at radius 3 is 2.63 bits per heavy atom. The minimum absolute atomic E-state index is 0.0827. The van der Waals surface area contributed by atoms with E-state index in [2.05, 4.69) is 10.5 Å². The number of esters is 1. The molecule has 0 fully saturated rings. The summed E-state index contributed by atoms with van der Waals surface area (Å²) in [7, 11) is 3.02. The predicted molar refractivity (Wildman–Crippen MR) is 96.8 cm³/mol. The van der Waals surface area contributed by atoms with Gasteiger partial charge in [-0.15, -0.1) is 0 Å². The van der Waals surface area contributed by atoms with Gasteiger partial charge in [-0.2, -0.15) is 0 Å². The SMILES string of the molecule is COc1ccc(NC(=O)COC(=O)Cc2noc3ccccc23)cc1OC. The lowest BCUT2D eigenvalue weighted by Crippen LogP contribution is -2.21. The van der Waals surface area contributed by atoms with Crippen molar-refractivity contribution in [2.45, 2.75) is 6.42 Å². The Morgan fingerprint density at radius 1 is 1.07 bits per heavy atom. The number of methoxy groups -OCH3 is 2. The molecule has 1 aromatic heterocycles. The highest BCUT2D eigenvalue weighted by Gasteiger charge is 2.15. The zero-order valence-electron chi connectivity index (χ0n) is 14.9. The number of nitrogens with one attached hydrogen (secondary N) is 1. The van der Waals surface area contributed by atoms with Crippen LogP contribution in [0.25, 0.3) is 11.0 Å². The number of rotatable bonds is 7. The average molecular weight is 370 g/mol. The fraction of sp³-hybridized carbons (Fsp3) is 0.211. The number of fused-ring (bicyclic) bond motifs is 1. The van der Waals surface area contributed by atoms with Gasteiger partial charge in [-0.25, -0.2) is 0 Å². The number of benzene rings is 2. The summed E-state index contributed by atoms with van der Waals surface area (Å²) in [6.07, 6.45) is -0.0827. The number of carbonyl (C=O) groups is 2. The standard InChI is InChI=1S/C19H18N2O6/c1-24-16-8-7-12(9-17(16)25-2)20-18(22)11-26-19(23)10-14-13-5-3-4-6-15(13)27-21-14/h3-9H,10-11H2,1-2H3,(H,20,22). The molecule has 0 spiro atoms. The van der Waals surface area contributed by atoms with Crippen molar-refractivity contribution in [3.63, 3.8) is 0 Å². The third-order valence-electron chi connectivity index (χ3n) is 3.80. The number of hydrogen-bond acceptors (Lipinski definition) is 7. The normalized spacial score (nSPS) is 10.4. The third-order valence-corrected chi connectivity index (χ3v) is 3.80. The van der Waals surface area contributed by atoms with E-state index in [1.807, 2.05) is 12.1 Å². The maximum Gasteiger partial charge on any atom is 0.312 e. The fourth-order valence-electron chi connectivity index (χ4n) is 2.51. The van der Waals surface area contributed by atoms with Crippen LogP contribution >= 0.6 is 0 Å². The first-order valence-corrected chi connectivity index (χ1v) is 8.11. The Kier molecular flexibility index (Phi) is 5.55. The zero-order valence-corrected chi connectivity index (χ0v) is 14.9. The van der Waals surface area contributed by atoms with E-state index >= 15 is 0 Å². The second-order valence-corrected chi connectivity index (χ2v) is 5.58. The molecule has 0 bridgehead atoms. The number of para-hydroxylation sites is 1. The molecule has 0 aliphatic rings. The number of carbonyl (C=O) groups excluding carboxylic acids is 2. The highest BCUT2D eigenvalue weighted by Crippen LogP contribution is 2.29. The monoisotopic (exact) mass is 370 g/mol. The van der Waals surface area contributed by atoms with E-state index < -0.39 is 18.5 Å². The summed E-state index contributed by atoms with van der Waals surface area (Å²) < 4.78 is 20.5. The van der Waals surface area contributed by atoms with Crippen LogP contribution in [0.3, 0.4) is 0 Å². The molecule has 140 valence electrons. The number of ether oxygens (including phenoxy) is 3. The lowest BCUT2D eigenvalue weighted by Gasteiger charge is -2.10. The maximum atomic E-state index is 12.0. The summed E-state index contributed by atoms with van der Waals surface area (Å²) in [6, 6.07) is 12.1. The minimum Gasteiger partial charge on any atom is -0.493 e. The van der Waals surface area contributed by atoms with Crippen molar-refractivity contribution in [1.29, 1.82) is 0 Å². The van der Waals surface area contributed by atoms with Crippen LogP contribution in [-0.4, -0.2) is 37.9 Å². The molecular formula is C19H18N2O6. The summed E-state index contributed by atoms with van der Waals surface area (Å²) in [5.41, 5.74) is 1.55. The van der Waals surface area contributed by atoms with Gasteiger partial charge in [0.2, 0.25) is 0 Å². The molecule has 8 nitrogen and oxygen atoms in total. The quantitative estimate of drug-likeness (QED) is 0.638. The lowest BCUT2D eigenvalue weighted by atomic mass is 10.2. The molecule has 27 heavy (non-hydrogen) atoms. The molecule has 0 radical (unpaired) electrons. The van der Waals surface area contributed by atoms with Crippen LogP contribution in [-0.2, 0) is 20.7 Å². The van der Waals surface area contributed by atoms with Crippen molar-refractivity contribution in [2.75, 3.05) is 26.1 Å². The second kappa shape index (κ2) is 8.22. The molecule has 0 aliphatic heterocycles.